The minimum Gasteiger partial charge on any atom is -0.457 e. The third-order valence-corrected chi connectivity index (χ3v) is 13.3. The Balaban J connectivity index is 0.000000164. The van der Waals surface area contributed by atoms with E-state index in [-0.39, 0.29) is 29.7 Å². The Morgan fingerprint density at radius 1 is 0.680 bits per heavy atom. The number of hydrogen-bond donors (Lipinski definition) is 3. The summed E-state index contributed by atoms with van der Waals surface area (Å²) in [6, 6.07) is 35.3. The molecular weight excluding hydrogens is 992 g/mol. The predicted octanol–water partition coefficient (Wildman–Crippen LogP) is 11.2. The third kappa shape index (κ3) is 14.4. The molecule has 3 atom stereocenters. The van der Waals surface area contributed by atoms with Gasteiger partial charge in [-0.15, -0.1) is 11.6 Å². The lowest BCUT2D eigenvalue weighted by molar-refractivity contribution is -0.132. The minimum atomic E-state index is -0.370. The fraction of sp³-hybridized carbons (Fsp3) is 0.357. The molecule has 1 amide bonds. The molecule has 0 radical (unpaired) electrons. The van der Waals surface area contributed by atoms with E-state index in [0.717, 1.165) is 120 Å². The van der Waals surface area contributed by atoms with Crippen molar-refractivity contribution in [3.8, 4) is 45.5 Å². The molecule has 75 heavy (non-hydrogen) atoms. The van der Waals surface area contributed by atoms with Crippen LogP contribution in [-0.2, 0) is 14.3 Å². The summed E-state index contributed by atoms with van der Waals surface area (Å²) >= 11 is 9.95. The number of nitrogens with two attached hydrogens (primary N) is 2. The van der Waals surface area contributed by atoms with E-state index in [4.69, 9.17) is 59.1 Å². The molecule has 3 aliphatic rings. The van der Waals surface area contributed by atoms with Crippen molar-refractivity contribution in [3.05, 3.63) is 122 Å². The number of amides is 1. The number of nitrogens with one attached hydrogen (secondary N) is 1. The highest BCUT2D eigenvalue weighted by molar-refractivity contribution is 6.63. The lowest BCUT2D eigenvalue weighted by atomic mass is 10.1. The van der Waals surface area contributed by atoms with Crippen LogP contribution in [0, 0.1) is 0 Å². The molecule has 17 nitrogen and oxygen atoms in total. The zero-order valence-corrected chi connectivity index (χ0v) is 43.9. The van der Waals surface area contributed by atoms with E-state index in [9.17, 15) is 9.59 Å². The van der Waals surface area contributed by atoms with Crippen LogP contribution in [0.2, 0.25) is 0 Å². The number of likely N-dealkylation sites (tertiary alicyclic amines) is 1. The lowest BCUT2D eigenvalue weighted by Crippen LogP contribution is -2.40. The van der Waals surface area contributed by atoms with Crippen LogP contribution < -0.4 is 26.3 Å². The second kappa shape index (κ2) is 26.9. The first kappa shape index (κ1) is 54.1. The van der Waals surface area contributed by atoms with Crippen molar-refractivity contribution in [2.45, 2.75) is 89.8 Å². The molecule has 0 saturated carbocycles. The van der Waals surface area contributed by atoms with Crippen molar-refractivity contribution in [2.75, 3.05) is 50.1 Å². The minimum absolute atomic E-state index is 0.0424. The van der Waals surface area contributed by atoms with E-state index < -0.39 is 0 Å². The Morgan fingerprint density at radius 3 is 1.63 bits per heavy atom. The molecule has 19 heteroatoms. The zero-order chi connectivity index (χ0) is 52.5. The average Bonchev–Trinajstić information content (AvgIpc) is 4.20. The SMILES string of the molecule is CC1CCCO1.CCCC(=O)N1CCC[C@@H](n2nc(-c3ccc(Oc4ccccc4)cc3)c3c(N)ncnc32)C1.Nc1ncnc2c1c(-c1ccc(Oc3ccccc3)cc1)nn2[C@@H]1CCCNC1.O=C(Cl)CCCl. The highest BCUT2D eigenvalue weighted by Crippen LogP contribution is 2.37. The monoisotopic (exact) mass is 1050 g/mol. The molecule has 5 N–H and O–H groups in total. The summed E-state index contributed by atoms with van der Waals surface area (Å²) in [5.74, 6) is 4.45. The number of nitrogen functional groups attached to an aromatic ring is 2. The van der Waals surface area contributed by atoms with Crippen molar-refractivity contribution in [3.63, 3.8) is 0 Å². The molecule has 11 rings (SSSR count). The number of ether oxygens (including phenoxy) is 3. The van der Waals surface area contributed by atoms with Crippen LogP contribution in [0.1, 0.15) is 83.7 Å². The zero-order valence-electron chi connectivity index (χ0n) is 42.4. The number of piperidine rings is 2. The maximum atomic E-state index is 12.5. The molecule has 8 aromatic rings. The fourth-order valence-electron chi connectivity index (χ4n) is 9.12. The van der Waals surface area contributed by atoms with Gasteiger partial charge in [-0.2, -0.15) is 10.2 Å². The number of carbonyl (C=O) groups is 2. The number of benzene rings is 4. The van der Waals surface area contributed by atoms with Crippen LogP contribution in [0.15, 0.2) is 122 Å². The van der Waals surface area contributed by atoms with E-state index in [1.54, 1.807) is 0 Å². The van der Waals surface area contributed by atoms with Crippen molar-refractivity contribution in [2.24, 2.45) is 0 Å². The number of fused-ring (bicyclic) bond motifs is 2. The Labute approximate surface area is 446 Å². The molecule has 0 aliphatic carbocycles. The Morgan fingerprint density at radius 2 is 1.20 bits per heavy atom. The molecule has 0 spiro atoms. The van der Waals surface area contributed by atoms with Gasteiger partial charge in [0, 0.05) is 56.1 Å². The topological polar surface area (TPSA) is 216 Å². The van der Waals surface area contributed by atoms with Crippen LogP contribution in [0.25, 0.3) is 44.6 Å². The number of hydrogen-bond acceptors (Lipinski definition) is 14. The highest BCUT2D eigenvalue weighted by Gasteiger charge is 2.29. The van der Waals surface area contributed by atoms with Crippen LogP contribution in [0.5, 0.6) is 23.0 Å². The van der Waals surface area contributed by atoms with Gasteiger partial charge in [0.1, 0.15) is 58.7 Å². The number of para-hydroxylation sites is 2. The largest absolute Gasteiger partial charge is 0.457 e. The first-order chi connectivity index (χ1) is 36.6. The first-order valence-corrected chi connectivity index (χ1v) is 26.5. The van der Waals surface area contributed by atoms with E-state index in [0.29, 0.717) is 42.2 Å². The van der Waals surface area contributed by atoms with Crippen molar-refractivity contribution >= 4 is 68.1 Å². The summed E-state index contributed by atoms with van der Waals surface area (Å²) < 4.78 is 20.9. The molecule has 1 unspecified atom stereocenters. The summed E-state index contributed by atoms with van der Waals surface area (Å²) in [4.78, 5) is 41.6. The van der Waals surface area contributed by atoms with Gasteiger partial charge in [-0.05, 0) is 143 Å². The summed E-state index contributed by atoms with van der Waals surface area (Å²) in [6.45, 7) is 8.48. The number of rotatable bonds is 12. The van der Waals surface area contributed by atoms with Gasteiger partial charge in [0.2, 0.25) is 11.1 Å². The Kier molecular flexibility index (Phi) is 19.4. The van der Waals surface area contributed by atoms with Gasteiger partial charge in [0.25, 0.3) is 0 Å². The van der Waals surface area contributed by atoms with E-state index in [2.05, 4.69) is 32.2 Å². The van der Waals surface area contributed by atoms with Crippen LogP contribution in [0.4, 0.5) is 11.6 Å². The van der Waals surface area contributed by atoms with Gasteiger partial charge < -0.3 is 35.9 Å². The van der Waals surface area contributed by atoms with Gasteiger partial charge in [0.15, 0.2) is 11.3 Å². The number of anilines is 2. The number of nitrogens with zero attached hydrogens (tertiary/aromatic N) is 9. The van der Waals surface area contributed by atoms with Gasteiger partial charge in [-0.1, -0.05) is 43.3 Å². The Hall–Kier alpha value is -7.18. The van der Waals surface area contributed by atoms with Crippen molar-refractivity contribution in [1.29, 1.82) is 0 Å². The first-order valence-electron chi connectivity index (χ1n) is 25.6. The summed E-state index contributed by atoms with van der Waals surface area (Å²) in [5, 5.41) is 14.5. The fourth-order valence-corrected chi connectivity index (χ4v) is 9.49. The number of halogens is 2. The van der Waals surface area contributed by atoms with Crippen LogP contribution in [-0.4, -0.2) is 100 Å². The number of aromatic nitrogens is 8. The normalized spacial score (nSPS) is 17.2. The molecule has 392 valence electrons. The van der Waals surface area contributed by atoms with Gasteiger partial charge in [-0.3, -0.25) is 9.59 Å². The van der Waals surface area contributed by atoms with Crippen LogP contribution >= 0.6 is 23.2 Å². The summed E-state index contributed by atoms with van der Waals surface area (Å²) in [5.41, 5.74) is 17.4. The Bertz CT molecular complexity index is 3080. The standard InChI is InChI=1S/C26H28N6O2.C22H22N6O.C5H10O.C3H4Cl2O/c1-2-7-22(33)31-15-6-8-19(16-31)32-26-23(25(27)28-17-29-26)24(30-32)18-11-13-21(14-12-18)34-20-9-4-3-5-10-20;23-21-19-20(15-8-10-18(11-9-15)29-17-6-2-1-3-7-17)27-28(22(19)26-14-25-21)16-5-4-12-24-13-16;1-5-3-2-4-6-5;4-2-1-3(5)6/h3-5,9-14,17,19H,2,6-8,15-16H2,1H3,(H2,27,28,29);1-3,6-11,14,16,24H,4-5,12-13H2,(H2,23,25,26);5H,2-4H2,1H3;1-2H2/t19-;16-;;/m11../s1. The van der Waals surface area contributed by atoms with Crippen molar-refractivity contribution < 1.29 is 23.8 Å². The molecule has 4 aromatic carbocycles. The van der Waals surface area contributed by atoms with E-state index >= 15 is 0 Å². The lowest BCUT2D eigenvalue weighted by Gasteiger charge is -2.33. The highest BCUT2D eigenvalue weighted by atomic mass is 35.5. The maximum absolute atomic E-state index is 12.5. The smallest absolute Gasteiger partial charge is 0.222 e. The molecule has 4 aromatic heterocycles. The van der Waals surface area contributed by atoms with Crippen LogP contribution in [0.3, 0.4) is 0 Å². The molecule has 7 heterocycles. The summed E-state index contributed by atoms with van der Waals surface area (Å²) in [6.07, 6.45) is 11.8. The van der Waals surface area contributed by atoms with E-state index in [1.165, 1.54) is 25.5 Å². The van der Waals surface area contributed by atoms with Gasteiger partial charge >= 0.3 is 0 Å². The molecule has 3 fully saturated rings. The maximum Gasteiger partial charge on any atom is 0.222 e. The second-order valence-electron chi connectivity index (χ2n) is 18.4. The second-order valence-corrected chi connectivity index (χ2v) is 19.2. The third-order valence-electron chi connectivity index (χ3n) is 12.9. The number of carbonyl (C=O) groups excluding carboxylic acids is 2. The quantitative estimate of drug-likeness (QED) is 0.0766. The molecule has 0 bridgehead atoms. The van der Waals surface area contributed by atoms with Gasteiger partial charge in [-0.25, -0.2) is 29.3 Å². The molecule has 3 aliphatic heterocycles. The van der Waals surface area contributed by atoms with Crippen molar-refractivity contribution in [1.82, 2.24) is 49.7 Å². The predicted molar refractivity (Wildman–Crippen MR) is 295 cm³/mol. The number of alkyl halides is 1. The van der Waals surface area contributed by atoms with Gasteiger partial charge in [0.05, 0.1) is 29.0 Å². The molecule has 3 saturated heterocycles. The summed E-state index contributed by atoms with van der Waals surface area (Å²) in [7, 11) is 0. The van der Waals surface area contributed by atoms with E-state index in [1.807, 2.05) is 130 Å². The molecular formula is C56H64Cl2N12O5. The average molecular weight is 1060 g/mol.